The second-order valence-electron chi connectivity index (χ2n) is 13.2. The number of anilines is 3. The molecular formula is C49H32N2OS. The number of rotatable bonds is 7. The Labute approximate surface area is 311 Å². The number of hydrogen-bond acceptors (Lipinski definition) is 4. The van der Waals surface area contributed by atoms with E-state index in [1.807, 2.05) is 6.07 Å². The van der Waals surface area contributed by atoms with E-state index in [2.05, 4.69) is 193 Å². The fourth-order valence-corrected chi connectivity index (χ4v) is 8.25. The summed E-state index contributed by atoms with van der Waals surface area (Å²) >= 11 is 1.72. The van der Waals surface area contributed by atoms with Gasteiger partial charge in [0.25, 0.3) is 0 Å². The standard InChI is InChI=1S/C49H32N2OS/c1-4-11-33(12-5-1)35-19-25-39(26-20-35)51(40-27-21-36(22-28-40)34-13-6-2-7-14-34)41-29-23-37(24-30-41)42-17-10-18-43-44-31-47-45(32-46(44)52-48(42)43)50-49(53-47)38-15-8-3-9-16-38/h1-32H. The molecule has 53 heavy (non-hydrogen) atoms. The van der Waals surface area contributed by atoms with Crippen LogP contribution in [-0.2, 0) is 0 Å². The zero-order chi connectivity index (χ0) is 35.1. The van der Waals surface area contributed by atoms with Crippen molar-refractivity contribution in [3.05, 3.63) is 194 Å². The van der Waals surface area contributed by atoms with Crippen LogP contribution in [0, 0.1) is 0 Å². The first-order chi connectivity index (χ1) is 26.2. The summed E-state index contributed by atoms with van der Waals surface area (Å²) in [4.78, 5) is 7.27. The minimum Gasteiger partial charge on any atom is -0.455 e. The Hall–Kier alpha value is -6.75. The van der Waals surface area contributed by atoms with E-state index in [0.717, 1.165) is 70.9 Å². The molecule has 10 aromatic rings. The van der Waals surface area contributed by atoms with Gasteiger partial charge in [-0.1, -0.05) is 146 Å². The van der Waals surface area contributed by atoms with Crippen molar-refractivity contribution in [2.45, 2.75) is 0 Å². The van der Waals surface area contributed by atoms with E-state index in [4.69, 9.17) is 9.40 Å². The molecule has 0 N–H and O–H groups in total. The maximum atomic E-state index is 6.63. The molecule has 0 spiro atoms. The van der Waals surface area contributed by atoms with Crippen molar-refractivity contribution >= 4 is 60.6 Å². The lowest BCUT2D eigenvalue weighted by atomic mass is 10.0. The summed E-state index contributed by atoms with van der Waals surface area (Å²) < 4.78 is 7.78. The summed E-state index contributed by atoms with van der Waals surface area (Å²) in [7, 11) is 0. The van der Waals surface area contributed by atoms with Crippen LogP contribution in [0.4, 0.5) is 17.1 Å². The molecule has 10 rings (SSSR count). The normalized spacial score (nSPS) is 11.4. The molecule has 4 heteroatoms. The second kappa shape index (κ2) is 13.1. The van der Waals surface area contributed by atoms with Crippen LogP contribution in [0.15, 0.2) is 199 Å². The summed E-state index contributed by atoms with van der Waals surface area (Å²) in [5.41, 5.74) is 14.0. The number of furan rings is 1. The Morgan fingerprint density at radius 2 is 0.906 bits per heavy atom. The van der Waals surface area contributed by atoms with E-state index in [1.54, 1.807) is 11.3 Å². The first-order valence-corrected chi connectivity index (χ1v) is 18.6. The van der Waals surface area contributed by atoms with Gasteiger partial charge in [0.05, 0.1) is 10.2 Å². The molecule has 2 heterocycles. The summed E-state index contributed by atoms with van der Waals surface area (Å²) in [6.45, 7) is 0. The molecule has 0 bridgehead atoms. The predicted molar refractivity (Wildman–Crippen MR) is 223 cm³/mol. The number of para-hydroxylation sites is 1. The van der Waals surface area contributed by atoms with Gasteiger partial charge in [0.15, 0.2) is 0 Å². The monoisotopic (exact) mass is 696 g/mol. The molecule has 8 aromatic carbocycles. The van der Waals surface area contributed by atoms with Gasteiger partial charge < -0.3 is 9.32 Å². The van der Waals surface area contributed by atoms with Gasteiger partial charge in [-0.2, -0.15) is 0 Å². The van der Waals surface area contributed by atoms with Crippen molar-refractivity contribution in [1.82, 2.24) is 4.98 Å². The van der Waals surface area contributed by atoms with Crippen molar-refractivity contribution in [3.63, 3.8) is 0 Å². The number of thiazole rings is 1. The molecule has 0 aliphatic rings. The average Bonchev–Trinajstić information content (AvgIpc) is 3.82. The fourth-order valence-electron chi connectivity index (χ4n) is 7.25. The molecule has 250 valence electrons. The molecule has 0 saturated heterocycles. The average molecular weight is 697 g/mol. The van der Waals surface area contributed by atoms with Gasteiger partial charge in [0, 0.05) is 45.0 Å². The first kappa shape index (κ1) is 31.0. The van der Waals surface area contributed by atoms with Crippen LogP contribution < -0.4 is 4.90 Å². The van der Waals surface area contributed by atoms with E-state index < -0.39 is 0 Å². The number of benzene rings is 8. The highest BCUT2D eigenvalue weighted by Crippen LogP contribution is 2.42. The Morgan fingerprint density at radius 1 is 0.415 bits per heavy atom. The lowest BCUT2D eigenvalue weighted by Gasteiger charge is -2.26. The maximum Gasteiger partial charge on any atom is 0.143 e. The zero-order valence-electron chi connectivity index (χ0n) is 28.7. The number of nitrogens with zero attached hydrogens (tertiary/aromatic N) is 2. The lowest BCUT2D eigenvalue weighted by molar-refractivity contribution is 0.670. The minimum absolute atomic E-state index is 0.852. The van der Waals surface area contributed by atoms with Gasteiger partial charge >= 0.3 is 0 Å². The molecule has 0 aliphatic heterocycles. The van der Waals surface area contributed by atoms with Crippen LogP contribution in [0.1, 0.15) is 0 Å². The summed E-state index contributed by atoms with van der Waals surface area (Å²) in [5.74, 6) is 0. The van der Waals surface area contributed by atoms with Gasteiger partial charge in [0.1, 0.15) is 16.2 Å². The highest BCUT2D eigenvalue weighted by atomic mass is 32.1. The number of fused-ring (bicyclic) bond motifs is 4. The first-order valence-electron chi connectivity index (χ1n) is 17.8. The third kappa shape index (κ3) is 5.76. The van der Waals surface area contributed by atoms with Crippen molar-refractivity contribution in [3.8, 4) is 44.0 Å². The summed E-state index contributed by atoms with van der Waals surface area (Å²) in [6, 6.07) is 68.6. The van der Waals surface area contributed by atoms with Gasteiger partial charge in [-0.25, -0.2) is 4.98 Å². The molecule has 2 aromatic heterocycles. The van der Waals surface area contributed by atoms with Gasteiger partial charge in [-0.15, -0.1) is 11.3 Å². The summed E-state index contributed by atoms with van der Waals surface area (Å²) in [5, 5.41) is 3.24. The Kier molecular flexibility index (Phi) is 7.67. The van der Waals surface area contributed by atoms with Crippen LogP contribution in [0.3, 0.4) is 0 Å². The highest BCUT2D eigenvalue weighted by molar-refractivity contribution is 7.21. The highest BCUT2D eigenvalue weighted by Gasteiger charge is 2.17. The third-order valence-electron chi connectivity index (χ3n) is 9.93. The molecule has 0 atom stereocenters. The topological polar surface area (TPSA) is 29.3 Å². The van der Waals surface area contributed by atoms with Gasteiger partial charge in [-0.05, 0) is 70.3 Å². The van der Waals surface area contributed by atoms with Crippen molar-refractivity contribution in [2.24, 2.45) is 0 Å². The molecule has 3 nitrogen and oxygen atoms in total. The van der Waals surface area contributed by atoms with Crippen LogP contribution in [0.2, 0.25) is 0 Å². The molecule has 0 fully saturated rings. The Bertz CT molecular complexity index is 2760. The zero-order valence-corrected chi connectivity index (χ0v) is 29.5. The van der Waals surface area contributed by atoms with E-state index in [1.165, 1.54) is 22.3 Å². The van der Waals surface area contributed by atoms with Crippen LogP contribution >= 0.6 is 11.3 Å². The molecule has 0 unspecified atom stereocenters. The van der Waals surface area contributed by atoms with Crippen molar-refractivity contribution < 1.29 is 4.42 Å². The third-order valence-corrected chi connectivity index (χ3v) is 11.0. The fraction of sp³-hybridized carbons (Fsp3) is 0. The van der Waals surface area contributed by atoms with Gasteiger partial charge in [0.2, 0.25) is 0 Å². The predicted octanol–water partition coefficient (Wildman–Crippen LogP) is 14.3. The van der Waals surface area contributed by atoms with E-state index in [0.29, 0.717) is 0 Å². The largest absolute Gasteiger partial charge is 0.455 e. The molecular weight excluding hydrogens is 665 g/mol. The van der Waals surface area contributed by atoms with Crippen LogP contribution in [0.25, 0.3) is 76.1 Å². The molecule has 0 amide bonds. The number of hydrogen-bond donors (Lipinski definition) is 0. The van der Waals surface area contributed by atoms with E-state index >= 15 is 0 Å². The second-order valence-corrected chi connectivity index (χ2v) is 14.2. The maximum absolute atomic E-state index is 6.63. The smallest absolute Gasteiger partial charge is 0.143 e. The molecule has 0 aliphatic carbocycles. The van der Waals surface area contributed by atoms with Crippen molar-refractivity contribution in [1.29, 1.82) is 0 Å². The SMILES string of the molecule is c1ccc(-c2ccc(N(c3ccc(-c4ccccc4)cc3)c3ccc(-c4cccc5c4oc4cc6nc(-c7ccccc7)sc6cc45)cc3)cc2)cc1. The minimum atomic E-state index is 0.852. The summed E-state index contributed by atoms with van der Waals surface area (Å²) in [6.07, 6.45) is 0. The Morgan fingerprint density at radius 3 is 1.45 bits per heavy atom. The van der Waals surface area contributed by atoms with E-state index in [-0.39, 0.29) is 0 Å². The van der Waals surface area contributed by atoms with E-state index in [9.17, 15) is 0 Å². The quantitative estimate of drug-likeness (QED) is 0.166. The van der Waals surface area contributed by atoms with Gasteiger partial charge in [-0.3, -0.25) is 0 Å². The lowest BCUT2D eigenvalue weighted by Crippen LogP contribution is -2.09. The number of aromatic nitrogens is 1. The Balaban J connectivity index is 1.02. The molecule has 0 saturated carbocycles. The van der Waals surface area contributed by atoms with Crippen LogP contribution in [0.5, 0.6) is 0 Å². The van der Waals surface area contributed by atoms with Crippen molar-refractivity contribution in [2.75, 3.05) is 4.90 Å². The van der Waals surface area contributed by atoms with Crippen LogP contribution in [-0.4, -0.2) is 4.98 Å². The molecule has 0 radical (unpaired) electrons.